The minimum Gasteiger partial charge on any atom is -0.481 e. The van der Waals surface area contributed by atoms with Crippen LogP contribution < -0.4 is 10.5 Å². The minimum absolute atomic E-state index is 0.0168. The van der Waals surface area contributed by atoms with Crippen LogP contribution in [0, 0.1) is 12.7 Å². The van der Waals surface area contributed by atoms with Gasteiger partial charge in [0.05, 0.1) is 18.4 Å². The number of benzene rings is 1. The van der Waals surface area contributed by atoms with Gasteiger partial charge in [0.25, 0.3) is 0 Å². The van der Waals surface area contributed by atoms with Crippen molar-refractivity contribution in [3.8, 4) is 17.3 Å². The van der Waals surface area contributed by atoms with Gasteiger partial charge in [0, 0.05) is 11.6 Å². The van der Waals surface area contributed by atoms with Gasteiger partial charge in [-0.25, -0.2) is 14.4 Å². The number of pyridine rings is 1. The molecule has 154 valence electrons. The summed E-state index contributed by atoms with van der Waals surface area (Å²) in [5.41, 5.74) is 3.44. The number of ether oxygens (including phenoxy) is 1. The first-order valence-corrected chi connectivity index (χ1v) is 8.52. The molecule has 0 saturated heterocycles. The van der Waals surface area contributed by atoms with Crippen LogP contribution in [0.2, 0.25) is 0 Å². The number of hydrogen-bond donors (Lipinski definition) is 1. The number of methoxy groups -OCH3 is 1. The van der Waals surface area contributed by atoms with Crippen LogP contribution in [0.1, 0.15) is 21.7 Å². The van der Waals surface area contributed by atoms with Crippen LogP contribution in [-0.2, 0) is 6.18 Å². The summed E-state index contributed by atoms with van der Waals surface area (Å²) in [5.74, 6) is -2.02. The fourth-order valence-corrected chi connectivity index (χ4v) is 3.21. The second-order valence-corrected chi connectivity index (χ2v) is 6.42. The van der Waals surface area contributed by atoms with Crippen LogP contribution in [0.3, 0.4) is 0 Å². The van der Waals surface area contributed by atoms with E-state index in [2.05, 4.69) is 15.0 Å². The first kappa shape index (κ1) is 19.6. The molecule has 0 unspecified atom stereocenters. The highest BCUT2D eigenvalue weighted by atomic mass is 19.4. The van der Waals surface area contributed by atoms with Crippen molar-refractivity contribution >= 4 is 22.6 Å². The van der Waals surface area contributed by atoms with Crippen molar-refractivity contribution in [2.24, 2.45) is 5.73 Å². The molecule has 0 radical (unpaired) electrons. The van der Waals surface area contributed by atoms with E-state index in [1.807, 2.05) is 0 Å². The highest BCUT2D eigenvalue weighted by Gasteiger charge is 2.39. The zero-order valence-electron chi connectivity index (χ0n) is 15.6. The maximum absolute atomic E-state index is 14.7. The Morgan fingerprint density at radius 3 is 2.50 bits per heavy atom. The van der Waals surface area contributed by atoms with Crippen LogP contribution in [0.5, 0.6) is 5.88 Å². The number of carbonyl (C=O) groups excluding carboxylic acids is 1. The molecule has 3 heterocycles. The van der Waals surface area contributed by atoms with Crippen LogP contribution in [0.15, 0.2) is 30.3 Å². The zero-order chi connectivity index (χ0) is 21.8. The summed E-state index contributed by atoms with van der Waals surface area (Å²) in [7, 11) is 1.35. The number of aryl methyl sites for hydroxylation is 1. The molecule has 0 saturated carbocycles. The summed E-state index contributed by atoms with van der Waals surface area (Å²) in [6.07, 6.45) is -4.85. The lowest BCUT2D eigenvalue weighted by atomic mass is 10.1. The summed E-state index contributed by atoms with van der Waals surface area (Å²) in [6, 6.07) is 6.13. The lowest BCUT2D eigenvalue weighted by Gasteiger charge is -2.10. The van der Waals surface area contributed by atoms with Crippen LogP contribution in [0.25, 0.3) is 28.1 Å². The van der Waals surface area contributed by atoms with Crippen molar-refractivity contribution < 1.29 is 27.1 Å². The smallest absolute Gasteiger partial charge is 0.435 e. The molecule has 1 amide bonds. The fraction of sp³-hybridized carbons (Fsp3) is 0.158. The van der Waals surface area contributed by atoms with E-state index in [0.717, 1.165) is 22.6 Å². The fourth-order valence-electron chi connectivity index (χ4n) is 3.21. The molecule has 30 heavy (non-hydrogen) atoms. The number of imidazole rings is 1. The topological polar surface area (TPSA) is 95.4 Å². The largest absolute Gasteiger partial charge is 0.481 e. The summed E-state index contributed by atoms with van der Waals surface area (Å²) < 4.78 is 62.1. The average Bonchev–Trinajstić information content (AvgIpc) is 3.10. The van der Waals surface area contributed by atoms with Crippen LogP contribution >= 0.6 is 0 Å². The van der Waals surface area contributed by atoms with Gasteiger partial charge in [-0.1, -0.05) is 0 Å². The maximum atomic E-state index is 14.7. The standard InChI is InChI=1S/C19H13F4N5O2/c1-8-14-15(19(21,22)23)27-17(10-7-9(16(24)29)3-4-11(10)20)28(14)18-12(25-8)5-6-13(26-18)30-2/h3-7H,1-2H3,(H2,24,29). The minimum atomic E-state index is -4.85. The number of nitrogens with zero attached hydrogens (tertiary/aromatic N) is 4. The second kappa shape index (κ2) is 6.65. The molecule has 0 bridgehead atoms. The molecule has 0 atom stereocenters. The van der Waals surface area contributed by atoms with Gasteiger partial charge in [-0.2, -0.15) is 18.2 Å². The van der Waals surface area contributed by atoms with E-state index < -0.39 is 29.4 Å². The Labute approximate surface area is 166 Å². The molecule has 0 spiro atoms. The normalized spacial score (nSPS) is 11.9. The summed E-state index contributed by atoms with van der Waals surface area (Å²) in [5, 5.41) is 0. The summed E-state index contributed by atoms with van der Waals surface area (Å²) >= 11 is 0. The summed E-state index contributed by atoms with van der Waals surface area (Å²) in [4.78, 5) is 23.6. The van der Waals surface area contributed by atoms with E-state index >= 15 is 0 Å². The average molecular weight is 419 g/mol. The van der Waals surface area contributed by atoms with Gasteiger partial charge >= 0.3 is 6.18 Å². The van der Waals surface area contributed by atoms with E-state index in [1.165, 1.54) is 26.2 Å². The van der Waals surface area contributed by atoms with E-state index in [-0.39, 0.29) is 39.4 Å². The molecular formula is C19H13F4N5O2. The number of alkyl halides is 3. The highest BCUT2D eigenvalue weighted by molar-refractivity contribution is 5.94. The number of nitrogens with two attached hydrogens (primary N) is 1. The van der Waals surface area contributed by atoms with Crippen molar-refractivity contribution in [1.29, 1.82) is 0 Å². The Kier molecular flexibility index (Phi) is 4.33. The molecule has 1 aromatic carbocycles. The molecule has 2 N–H and O–H groups in total. The van der Waals surface area contributed by atoms with Gasteiger partial charge in [-0.15, -0.1) is 0 Å². The third-order valence-electron chi connectivity index (χ3n) is 4.52. The monoisotopic (exact) mass is 419 g/mol. The lowest BCUT2D eigenvalue weighted by molar-refractivity contribution is -0.139. The highest BCUT2D eigenvalue weighted by Crippen LogP contribution is 2.38. The lowest BCUT2D eigenvalue weighted by Crippen LogP contribution is -2.11. The second-order valence-electron chi connectivity index (χ2n) is 6.42. The predicted molar refractivity (Wildman–Crippen MR) is 98.5 cm³/mol. The number of primary amides is 1. The number of halogens is 4. The van der Waals surface area contributed by atoms with Crippen molar-refractivity contribution in [3.63, 3.8) is 0 Å². The molecule has 4 rings (SSSR count). The quantitative estimate of drug-likeness (QED) is 0.513. The SMILES string of the molecule is COc1ccc2nc(C)c3c(C(F)(F)F)nc(-c4cc(C(N)=O)ccc4F)n3c2n1. The van der Waals surface area contributed by atoms with Crippen molar-refractivity contribution in [2.75, 3.05) is 7.11 Å². The number of fused-ring (bicyclic) bond motifs is 3. The number of carbonyl (C=O) groups is 1. The Balaban J connectivity index is 2.22. The van der Waals surface area contributed by atoms with Crippen molar-refractivity contribution in [1.82, 2.24) is 19.4 Å². The molecular weight excluding hydrogens is 406 g/mol. The Morgan fingerprint density at radius 1 is 1.13 bits per heavy atom. The number of rotatable bonds is 3. The third kappa shape index (κ3) is 2.98. The Morgan fingerprint density at radius 2 is 1.87 bits per heavy atom. The van der Waals surface area contributed by atoms with E-state index in [0.29, 0.717) is 0 Å². The number of aromatic nitrogens is 4. The predicted octanol–water partition coefficient (Wildman–Crippen LogP) is 3.52. The first-order chi connectivity index (χ1) is 14.1. The van der Waals surface area contributed by atoms with E-state index in [9.17, 15) is 22.4 Å². The first-order valence-electron chi connectivity index (χ1n) is 8.52. The summed E-state index contributed by atoms with van der Waals surface area (Å²) in [6.45, 7) is 1.38. The van der Waals surface area contributed by atoms with Gasteiger partial charge in [-0.05, 0) is 31.2 Å². The molecule has 3 aromatic heterocycles. The molecule has 0 aliphatic carbocycles. The van der Waals surface area contributed by atoms with Crippen LogP contribution in [-0.4, -0.2) is 32.4 Å². The Bertz CT molecular complexity index is 1330. The zero-order valence-corrected chi connectivity index (χ0v) is 15.6. The van der Waals surface area contributed by atoms with Crippen LogP contribution in [0.4, 0.5) is 17.6 Å². The van der Waals surface area contributed by atoms with E-state index in [1.54, 1.807) is 0 Å². The molecule has 4 aromatic rings. The van der Waals surface area contributed by atoms with Gasteiger partial charge in [0.1, 0.15) is 22.7 Å². The number of hydrogen-bond acceptors (Lipinski definition) is 5. The maximum Gasteiger partial charge on any atom is 0.435 e. The molecule has 0 aliphatic rings. The van der Waals surface area contributed by atoms with Gasteiger partial charge < -0.3 is 10.5 Å². The van der Waals surface area contributed by atoms with Gasteiger partial charge in [0.2, 0.25) is 11.8 Å². The van der Waals surface area contributed by atoms with Gasteiger partial charge in [-0.3, -0.25) is 9.20 Å². The van der Waals surface area contributed by atoms with Gasteiger partial charge in [0.15, 0.2) is 11.3 Å². The third-order valence-corrected chi connectivity index (χ3v) is 4.52. The van der Waals surface area contributed by atoms with Crippen molar-refractivity contribution in [2.45, 2.75) is 13.1 Å². The van der Waals surface area contributed by atoms with E-state index in [4.69, 9.17) is 10.5 Å². The molecule has 0 fully saturated rings. The number of amides is 1. The van der Waals surface area contributed by atoms with Crippen molar-refractivity contribution in [3.05, 3.63) is 53.1 Å². The molecule has 11 heteroatoms. The molecule has 7 nitrogen and oxygen atoms in total. The molecule has 0 aliphatic heterocycles. The Hall–Kier alpha value is -3.76.